The third-order valence-corrected chi connectivity index (χ3v) is 2.44. The molecule has 0 rings (SSSR count). The minimum Gasteiger partial charge on any atom is -0.381 e. The Hall–Kier alpha value is -0.303. The third kappa shape index (κ3) is 5.86. The summed E-state index contributed by atoms with van der Waals surface area (Å²) in [4.78, 5) is 0. The normalized spacial score (nSPS) is 20.2. The van der Waals surface area contributed by atoms with Gasteiger partial charge in [-0.2, -0.15) is 0 Å². The van der Waals surface area contributed by atoms with E-state index in [-0.39, 0.29) is 6.61 Å². The first kappa shape index (κ1) is 8.04. The van der Waals surface area contributed by atoms with Crippen LogP contribution in [0, 0.1) is 11.5 Å². The van der Waals surface area contributed by atoms with Crippen molar-refractivity contribution in [2.75, 3.05) is 13.6 Å². The van der Waals surface area contributed by atoms with E-state index in [1.54, 1.807) is 6.92 Å². The minimum atomic E-state index is -2.48. The Labute approximate surface area is 86.5 Å². The molecule has 1 atom stereocenters. The van der Waals surface area contributed by atoms with Crippen LogP contribution in [0.5, 0.6) is 0 Å². The minimum absolute atomic E-state index is 0.280. The number of hydrogen-bond donors (Lipinski definition) is 1. The molecule has 13 heavy (non-hydrogen) atoms. The smallest absolute Gasteiger partial charge is 0.147 e. The summed E-state index contributed by atoms with van der Waals surface area (Å²) in [6.07, 6.45) is 0.348. The molecule has 0 aromatic rings. The maximum absolute atomic E-state index is 10.0. The SMILES string of the molecule is [2H]C([2H])([2H])OC[C@@](O)(C#C[Si](C)(C)C)CC. The highest BCUT2D eigenvalue weighted by molar-refractivity contribution is 6.83. The van der Waals surface area contributed by atoms with Gasteiger partial charge >= 0.3 is 0 Å². The van der Waals surface area contributed by atoms with Gasteiger partial charge in [-0.1, -0.05) is 32.5 Å². The lowest BCUT2D eigenvalue weighted by Crippen LogP contribution is -2.32. The Balaban J connectivity index is 4.60. The largest absolute Gasteiger partial charge is 0.381 e. The number of methoxy groups -OCH3 is 1. The second kappa shape index (κ2) is 4.80. The van der Waals surface area contributed by atoms with Crippen LogP contribution >= 0.6 is 0 Å². The zero-order valence-corrected chi connectivity index (χ0v) is 9.77. The Morgan fingerprint density at radius 2 is 2.15 bits per heavy atom. The molecule has 0 aromatic carbocycles. The number of hydrogen-bond acceptors (Lipinski definition) is 2. The van der Waals surface area contributed by atoms with Crippen molar-refractivity contribution in [2.45, 2.75) is 38.6 Å². The summed E-state index contributed by atoms with van der Waals surface area (Å²) < 4.78 is 25.3. The molecule has 1 N–H and O–H groups in total. The summed E-state index contributed by atoms with van der Waals surface area (Å²) in [6, 6.07) is 0. The topological polar surface area (TPSA) is 29.5 Å². The van der Waals surface area contributed by atoms with Crippen LogP contribution in [-0.2, 0) is 4.74 Å². The van der Waals surface area contributed by atoms with Crippen molar-refractivity contribution >= 4 is 8.07 Å². The molecule has 0 aromatic heterocycles. The highest BCUT2D eigenvalue weighted by Crippen LogP contribution is 2.09. The van der Waals surface area contributed by atoms with Crippen LogP contribution in [0.3, 0.4) is 0 Å². The van der Waals surface area contributed by atoms with Gasteiger partial charge in [0.15, 0.2) is 0 Å². The van der Waals surface area contributed by atoms with E-state index in [4.69, 9.17) is 4.11 Å². The fourth-order valence-electron chi connectivity index (χ4n) is 0.650. The fourth-order valence-corrected chi connectivity index (χ4v) is 1.26. The van der Waals surface area contributed by atoms with Gasteiger partial charge in [0, 0.05) is 7.04 Å². The average molecular weight is 203 g/mol. The Morgan fingerprint density at radius 3 is 2.54 bits per heavy atom. The summed E-state index contributed by atoms with van der Waals surface area (Å²) in [6.45, 7) is 7.64. The molecule has 3 heteroatoms. The predicted molar refractivity (Wildman–Crippen MR) is 58.2 cm³/mol. The van der Waals surface area contributed by atoms with Crippen LogP contribution in [0.15, 0.2) is 0 Å². The van der Waals surface area contributed by atoms with Crippen molar-refractivity contribution < 1.29 is 14.0 Å². The lowest BCUT2D eigenvalue weighted by molar-refractivity contribution is 0.0111. The first-order valence-corrected chi connectivity index (χ1v) is 7.88. The van der Waals surface area contributed by atoms with E-state index < -0.39 is 20.7 Å². The molecule has 0 fully saturated rings. The molecule has 0 saturated heterocycles. The molecule has 2 nitrogen and oxygen atoms in total. The lowest BCUT2D eigenvalue weighted by atomic mass is 10.0. The van der Waals surface area contributed by atoms with E-state index in [9.17, 15) is 5.11 Å². The molecule has 0 bridgehead atoms. The zero-order chi connectivity index (χ0) is 13.0. The van der Waals surface area contributed by atoms with E-state index in [1.807, 2.05) is 0 Å². The zero-order valence-electron chi connectivity index (χ0n) is 11.8. The highest BCUT2D eigenvalue weighted by Gasteiger charge is 2.22. The summed E-state index contributed by atoms with van der Waals surface area (Å²) in [5, 5.41) is 10.0. The van der Waals surface area contributed by atoms with Crippen molar-refractivity contribution in [1.29, 1.82) is 0 Å². The molecule has 0 radical (unpaired) electrons. The van der Waals surface area contributed by atoms with Crippen LogP contribution in [-0.4, -0.2) is 32.4 Å². The average Bonchev–Trinajstić information content (AvgIpc) is 2.09. The Morgan fingerprint density at radius 1 is 1.54 bits per heavy atom. The third-order valence-electron chi connectivity index (χ3n) is 1.57. The molecule has 0 heterocycles. The molecule has 0 unspecified atom stereocenters. The van der Waals surface area contributed by atoms with E-state index in [2.05, 4.69) is 35.8 Å². The molecule has 76 valence electrons. The second-order valence-electron chi connectivity index (χ2n) is 4.17. The molecule has 0 saturated carbocycles. The lowest BCUT2D eigenvalue weighted by Gasteiger charge is -2.19. The van der Waals surface area contributed by atoms with Gasteiger partial charge < -0.3 is 9.84 Å². The second-order valence-corrected chi connectivity index (χ2v) is 8.92. The Kier molecular flexibility index (Phi) is 2.97. The first-order valence-electron chi connectivity index (χ1n) is 5.88. The van der Waals surface area contributed by atoms with Gasteiger partial charge in [-0.25, -0.2) is 0 Å². The molecular weight excluding hydrogens is 180 g/mol. The van der Waals surface area contributed by atoms with Crippen molar-refractivity contribution in [1.82, 2.24) is 0 Å². The van der Waals surface area contributed by atoms with Crippen LogP contribution < -0.4 is 0 Å². The van der Waals surface area contributed by atoms with Gasteiger partial charge in [0.05, 0.1) is 10.7 Å². The van der Waals surface area contributed by atoms with Crippen molar-refractivity contribution in [3.8, 4) is 11.5 Å². The maximum Gasteiger partial charge on any atom is 0.147 e. The van der Waals surface area contributed by atoms with E-state index in [0.29, 0.717) is 6.42 Å². The van der Waals surface area contributed by atoms with Crippen molar-refractivity contribution in [2.24, 2.45) is 0 Å². The fraction of sp³-hybridized carbons (Fsp3) is 0.800. The first-order chi connectivity index (χ1) is 6.97. The Bertz CT molecular complexity index is 285. The number of ether oxygens (including phenoxy) is 1. The molecule has 0 aliphatic rings. The van der Waals surface area contributed by atoms with Crippen LogP contribution in [0.1, 0.15) is 17.5 Å². The van der Waals surface area contributed by atoms with Gasteiger partial charge in [-0.05, 0) is 6.42 Å². The maximum atomic E-state index is 10.0. The summed E-state index contributed by atoms with van der Waals surface area (Å²) in [7, 11) is -4.06. The summed E-state index contributed by atoms with van der Waals surface area (Å²) >= 11 is 0. The van der Waals surface area contributed by atoms with Gasteiger partial charge in [0.25, 0.3) is 0 Å². The summed E-state index contributed by atoms with van der Waals surface area (Å²) in [5.74, 6) is 2.75. The van der Waals surface area contributed by atoms with Crippen LogP contribution in [0.25, 0.3) is 0 Å². The molecule has 0 aliphatic carbocycles. The van der Waals surface area contributed by atoms with E-state index in [0.717, 1.165) is 0 Å². The predicted octanol–water partition coefficient (Wildman–Crippen LogP) is 1.65. The molecule has 0 spiro atoms. The monoisotopic (exact) mass is 203 g/mol. The molecule has 0 amide bonds. The van der Waals surface area contributed by atoms with Crippen molar-refractivity contribution in [3.63, 3.8) is 0 Å². The quantitative estimate of drug-likeness (QED) is 0.558. The molecule has 0 aliphatic heterocycles. The highest BCUT2D eigenvalue weighted by atomic mass is 28.3. The van der Waals surface area contributed by atoms with Crippen molar-refractivity contribution in [3.05, 3.63) is 0 Å². The van der Waals surface area contributed by atoms with Gasteiger partial charge in [0.2, 0.25) is 0 Å². The van der Waals surface area contributed by atoms with E-state index in [1.165, 1.54) is 0 Å². The van der Waals surface area contributed by atoms with E-state index >= 15 is 0 Å². The number of rotatable bonds is 3. The van der Waals surface area contributed by atoms with Crippen LogP contribution in [0.4, 0.5) is 0 Å². The van der Waals surface area contributed by atoms with Gasteiger partial charge in [-0.3, -0.25) is 0 Å². The molecular formula is C10H20O2Si. The standard InChI is InChI=1S/C10H20O2Si/c1-6-10(11,9-12-2)7-8-13(3,4)5/h11H,6,9H2,1-5H3/t10-/m0/s1/i2D3. The van der Waals surface area contributed by atoms with Crippen LogP contribution in [0.2, 0.25) is 19.6 Å². The number of aliphatic hydroxyl groups is 1. The van der Waals surface area contributed by atoms with Gasteiger partial charge in [-0.15, -0.1) is 5.54 Å². The summed E-state index contributed by atoms with van der Waals surface area (Å²) in [5.41, 5.74) is 1.67. The van der Waals surface area contributed by atoms with Gasteiger partial charge in [0.1, 0.15) is 13.7 Å².